The van der Waals surface area contributed by atoms with Gasteiger partial charge < -0.3 is 25.7 Å². The average molecular weight is 535 g/mol. The van der Waals surface area contributed by atoms with E-state index in [1.807, 2.05) is 24.3 Å². The summed E-state index contributed by atoms with van der Waals surface area (Å²) >= 11 is 0. The summed E-state index contributed by atoms with van der Waals surface area (Å²) in [4.78, 5) is 52.8. The lowest BCUT2D eigenvalue weighted by Gasteiger charge is -2.26. The van der Waals surface area contributed by atoms with E-state index in [9.17, 15) is 29.4 Å². The molecule has 10 nitrogen and oxygen atoms in total. The van der Waals surface area contributed by atoms with Gasteiger partial charge in [0.05, 0.1) is 6.10 Å². The number of carbonyl (C=O) groups excluding carboxylic acids is 3. The van der Waals surface area contributed by atoms with Gasteiger partial charge in [-0.1, -0.05) is 37.8 Å². The second kappa shape index (κ2) is 12.2. The quantitative estimate of drug-likeness (QED) is 0.401. The van der Waals surface area contributed by atoms with E-state index in [1.54, 1.807) is 13.8 Å². The predicted octanol–water partition coefficient (Wildman–Crippen LogP) is 0.923. The highest BCUT2D eigenvalue weighted by molar-refractivity contribution is 5.90. The normalized spacial score (nSPS) is 23.9. The molecule has 0 radical (unpaired) electrons. The fourth-order valence-corrected chi connectivity index (χ4v) is 4.84. The van der Waals surface area contributed by atoms with E-state index in [0.717, 1.165) is 28.9 Å². The number of carboxylic acid groups (broad SMARTS) is 1. The molecule has 2 saturated heterocycles. The molecule has 4 N–H and O–H groups in total. The summed E-state index contributed by atoms with van der Waals surface area (Å²) in [5.74, 6) is 10.8. The minimum atomic E-state index is -1.28. The number of likely N-dealkylation sites (tertiary alicyclic amines) is 2. The van der Waals surface area contributed by atoms with Crippen LogP contribution >= 0.6 is 0 Å². The summed E-state index contributed by atoms with van der Waals surface area (Å²) in [7, 11) is 0. The fourth-order valence-electron chi connectivity index (χ4n) is 4.84. The van der Waals surface area contributed by atoms with Gasteiger partial charge in [0.1, 0.15) is 12.1 Å². The zero-order valence-corrected chi connectivity index (χ0v) is 22.1. The molecule has 10 heteroatoms. The van der Waals surface area contributed by atoms with Crippen molar-refractivity contribution in [1.29, 1.82) is 0 Å². The zero-order valence-electron chi connectivity index (χ0n) is 22.1. The predicted molar refractivity (Wildman–Crippen MR) is 142 cm³/mol. The van der Waals surface area contributed by atoms with Gasteiger partial charge in [0.15, 0.2) is 0 Å². The number of nitrogens with zero attached hydrogens (tertiary/aromatic N) is 2. The third-order valence-corrected chi connectivity index (χ3v) is 7.15. The van der Waals surface area contributed by atoms with Crippen LogP contribution in [0.25, 0.3) is 0 Å². The molecular weight excluding hydrogens is 500 g/mol. The number of aliphatic hydroxyl groups is 1. The molecule has 1 saturated carbocycles. The van der Waals surface area contributed by atoms with Crippen molar-refractivity contribution in [2.75, 3.05) is 13.1 Å². The molecule has 4 rings (SSSR count). The molecule has 0 bridgehead atoms. The van der Waals surface area contributed by atoms with E-state index < -0.39 is 36.2 Å². The summed E-state index contributed by atoms with van der Waals surface area (Å²) in [5.41, 5.74) is 1.69. The van der Waals surface area contributed by atoms with E-state index >= 15 is 0 Å². The summed E-state index contributed by atoms with van der Waals surface area (Å²) in [6, 6.07) is 4.90. The van der Waals surface area contributed by atoms with Crippen molar-refractivity contribution in [2.45, 2.75) is 70.3 Å². The molecule has 39 heavy (non-hydrogen) atoms. The van der Waals surface area contributed by atoms with Crippen molar-refractivity contribution in [2.24, 2.45) is 11.8 Å². The molecule has 4 amide bonds. The van der Waals surface area contributed by atoms with Crippen LogP contribution in [0.4, 0.5) is 4.79 Å². The average Bonchev–Trinajstić information content (AvgIpc) is 3.50. The van der Waals surface area contributed by atoms with Gasteiger partial charge >= 0.3 is 6.09 Å². The Morgan fingerprint density at radius 3 is 2.38 bits per heavy atom. The van der Waals surface area contributed by atoms with Gasteiger partial charge in [-0.2, -0.15) is 0 Å². The van der Waals surface area contributed by atoms with Crippen molar-refractivity contribution < 1.29 is 29.4 Å². The van der Waals surface area contributed by atoms with E-state index in [0.29, 0.717) is 5.92 Å². The molecule has 3 fully saturated rings. The van der Waals surface area contributed by atoms with Crippen LogP contribution in [-0.4, -0.2) is 81.1 Å². The molecule has 2 aliphatic heterocycles. The first kappa shape index (κ1) is 28.0. The molecule has 1 aliphatic carbocycles. The van der Waals surface area contributed by atoms with Crippen LogP contribution in [0.1, 0.15) is 50.7 Å². The van der Waals surface area contributed by atoms with Crippen LogP contribution in [0.5, 0.6) is 0 Å². The van der Waals surface area contributed by atoms with Crippen molar-refractivity contribution in [3.8, 4) is 23.7 Å². The van der Waals surface area contributed by atoms with Gasteiger partial charge in [-0.25, -0.2) is 4.79 Å². The third kappa shape index (κ3) is 7.10. The van der Waals surface area contributed by atoms with E-state index in [1.165, 1.54) is 4.90 Å². The highest BCUT2D eigenvalue weighted by Crippen LogP contribution is 2.27. The van der Waals surface area contributed by atoms with Crippen LogP contribution in [0, 0.1) is 35.5 Å². The number of nitrogens with one attached hydrogen (secondary N) is 2. The molecule has 0 unspecified atom stereocenters. The monoisotopic (exact) mass is 534 g/mol. The highest BCUT2D eigenvalue weighted by Gasteiger charge is 2.45. The maximum absolute atomic E-state index is 13.2. The number of rotatable bonds is 6. The fraction of sp³-hybridized carbons (Fsp3) is 0.517. The lowest BCUT2D eigenvalue weighted by molar-refractivity contribution is -0.140. The van der Waals surface area contributed by atoms with E-state index in [2.05, 4.69) is 34.3 Å². The molecule has 4 atom stereocenters. The molecule has 0 spiro atoms. The zero-order chi connectivity index (χ0) is 28.1. The number of carbonyl (C=O) groups is 4. The summed E-state index contributed by atoms with van der Waals surface area (Å²) < 4.78 is 0. The van der Waals surface area contributed by atoms with Gasteiger partial charge in [0, 0.05) is 43.1 Å². The maximum Gasteiger partial charge on any atom is 0.408 e. The molecule has 2 heterocycles. The molecular formula is C29H34N4O6. The van der Waals surface area contributed by atoms with Crippen molar-refractivity contribution in [3.63, 3.8) is 0 Å². The van der Waals surface area contributed by atoms with Crippen LogP contribution in [0.2, 0.25) is 0 Å². The number of amides is 4. The van der Waals surface area contributed by atoms with Crippen LogP contribution in [-0.2, 0) is 20.9 Å². The Balaban J connectivity index is 1.36. The first-order chi connectivity index (χ1) is 18.6. The highest BCUT2D eigenvalue weighted by atomic mass is 16.4. The second-order valence-corrected chi connectivity index (χ2v) is 10.6. The van der Waals surface area contributed by atoms with Gasteiger partial charge in [-0.15, -0.1) is 0 Å². The Hall–Kier alpha value is -4.02. The first-order valence-corrected chi connectivity index (χ1v) is 13.3. The molecule has 206 valence electrons. The Morgan fingerprint density at radius 1 is 1.03 bits per heavy atom. The minimum Gasteiger partial charge on any atom is -0.465 e. The SMILES string of the molecule is CC(C)C(=O)N1C[C@H](NC(=O)[C@@H]2[C@H](O)CCN2C(=O)O)C[C@@H]1C(=O)NCc1ccc(C#CC#CC2CC2)cc1. The molecule has 3 aliphatic rings. The number of aliphatic hydroxyl groups excluding tert-OH is 1. The smallest absolute Gasteiger partial charge is 0.408 e. The Morgan fingerprint density at radius 2 is 1.74 bits per heavy atom. The van der Waals surface area contributed by atoms with Crippen molar-refractivity contribution in [3.05, 3.63) is 35.4 Å². The minimum absolute atomic E-state index is 0.0598. The summed E-state index contributed by atoms with van der Waals surface area (Å²) in [5, 5.41) is 25.2. The Kier molecular flexibility index (Phi) is 8.78. The van der Waals surface area contributed by atoms with E-state index in [-0.39, 0.29) is 50.2 Å². The maximum atomic E-state index is 13.2. The number of benzene rings is 1. The Labute approximate surface area is 228 Å². The van der Waals surface area contributed by atoms with Crippen LogP contribution in [0.3, 0.4) is 0 Å². The number of hydrogen-bond donors (Lipinski definition) is 4. The van der Waals surface area contributed by atoms with Crippen molar-refractivity contribution >= 4 is 23.8 Å². The Bertz CT molecular complexity index is 1230. The molecule has 0 aromatic heterocycles. The van der Waals surface area contributed by atoms with Gasteiger partial charge in [0.25, 0.3) is 0 Å². The first-order valence-electron chi connectivity index (χ1n) is 13.3. The van der Waals surface area contributed by atoms with E-state index in [4.69, 9.17) is 0 Å². The van der Waals surface area contributed by atoms with Crippen LogP contribution in [0.15, 0.2) is 24.3 Å². The standard InChI is InChI=1S/C29H34N4O6/c1-18(2)28(37)33-17-22(31-27(36)25-24(34)13-14-32(25)29(38)39)15-23(33)26(35)30-16-21-11-9-20(10-12-21)6-4-3-5-19-7-8-19/h9-12,18-19,22-25,34H,7-8,13-17H2,1-2H3,(H,30,35)(H,31,36)(H,38,39)/t22-,23-,24-,25+/m1/s1. The summed E-state index contributed by atoms with van der Waals surface area (Å²) in [6.45, 7) is 3.92. The topological polar surface area (TPSA) is 139 Å². The van der Waals surface area contributed by atoms with Gasteiger partial charge in [-0.3, -0.25) is 19.3 Å². The lowest BCUT2D eigenvalue weighted by atomic mass is 10.1. The second-order valence-electron chi connectivity index (χ2n) is 10.6. The van der Waals surface area contributed by atoms with Gasteiger partial charge in [-0.05, 0) is 55.2 Å². The van der Waals surface area contributed by atoms with Crippen molar-refractivity contribution in [1.82, 2.24) is 20.4 Å². The third-order valence-electron chi connectivity index (χ3n) is 7.15. The molecule has 1 aromatic rings. The largest absolute Gasteiger partial charge is 0.465 e. The summed E-state index contributed by atoms with van der Waals surface area (Å²) in [6.07, 6.45) is 0.273. The lowest BCUT2D eigenvalue weighted by Crippen LogP contribution is -2.52. The van der Waals surface area contributed by atoms with Crippen LogP contribution < -0.4 is 10.6 Å². The molecule has 1 aromatic carbocycles. The van der Waals surface area contributed by atoms with Gasteiger partial charge in [0.2, 0.25) is 17.7 Å². The number of hydrogen-bond acceptors (Lipinski definition) is 5.